The van der Waals surface area contributed by atoms with Crippen molar-refractivity contribution in [2.75, 3.05) is 6.54 Å². The van der Waals surface area contributed by atoms with Crippen molar-refractivity contribution >= 4 is 24.2 Å². The molecule has 8 heteroatoms. The highest BCUT2D eigenvalue weighted by Gasteiger charge is 2.57. The number of hydrogen-bond acceptors (Lipinski definition) is 5. The molecule has 188 valence electrons. The van der Waals surface area contributed by atoms with Crippen molar-refractivity contribution in [1.82, 2.24) is 4.90 Å². The molecular formula is C24H49NO5Si2. The Morgan fingerprint density at radius 1 is 1.03 bits per heavy atom. The molecule has 1 unspecified atom stereocenters. The second-order valence-electron chi connectivity index (χ2n) is 12.8. The van der Waals surface area contributed by atoms with E-state index >= 15 is 0 Å². The Kier molecular flexibility index (Phi) is 9.68. The van der Waals surface area contributed by atoms with E-state index in [2.05, 4.69) is 54.6 Å². The molecule has 1 fully saturated rings. The molecule has 1 amide bonds. The molecule has 1 N–H and O–H groups in total. The smallest absolute Gasteiger partial charge is 0.412 e. The first-order valence-electron chi connectivity index (χ1n) is 11.8. The molecule has 0 bridgehead atoms. The number of hydrogen-bond donors (Lipinski definition) is 1. The predicted molar refractivity (Wildman–Crippen MR) is 134 cm³/mol. The maximum atomic E-state index is 13.4. The van der Waals surface area contributed by atoms with E-state index in [4.69, 9.17) is 13.6 Å². The summed E-state index contributed by atoms with van der Waals surface area (Å²) in [6.45, 7) is 27.4. The van der Waals surface area contributed by atoms with Gasteiger partial charge in [-0.3, -0.25) is 4.90 Å². The van der Waals surface area contributed by atoms with Crippen molar-refractivity contribution in [2.24, 2.45) is 16.7 Å². The van der Waals surface area contributed by atoms with Gasteiger partial charge in [0.05, 0.1) is 6.10 Å². The van der Waals surface area contributed by atoms with Crippen LogP contribution in [0.4, 0.5) is 4.79 Å². The molecule has 0 aromatic heterocycles. The summed E-state index contributed by atoms with van der Waals surface area (Å²) in [5.41, 5.74) is -1.92. The molecule has 0 aliphatic carbocycles. The third kappa shape index (κ3) is 8.11. The van der Waals surface area contributed by atoms with Gasteiger partial charge in [-0.05, 0) is 63.7 Å². The fourth-order valence-electron chi connectivity index (χ4n) is 4.11. The standard InChI is InChI=1S/C24H49NO5Si2/c1-21(2,3)17-15-24(30-32(12)13,25(16-17)20(27)28-23(7,8)9)18(26)14-19(22(4,5)6)29-31(10)11/h17-19,26H,14-16H2,1-13H3/t17-,18-,19?,24-/m0/s1. The lowest BCUT2D eigenvalue weighted by atomic mass is 9.77. The Morgan fingerprint density at radius 2 is 1.56 bits per heavy atom. The topological polar surface area (TPSA) is 68.2 Å². The monoisotopic (exact) mass is 487 g/mol. The molecule has 0 saturated carbocycles. The lowest BCUT2D eigenvalue weighted by Crippen LogP contribution is -2.60. The number of rotatable bonds is 7. The van der Waals surface area contributed by atoms with E-state index in [0.29, 0.717) is 19.4 Å². The highest BCUT2D eigenvalue weighted by atomic mass is 28.3. The molecule has 1 rings (SSSR count). The minimum Gasteiger partial charge on any atom is -0.444 e. The Labute approximate surface area is 200 Å². The van der Waals surface area contributed by atoms with Crippen LogP contribution in [0, 0.1) is 16.7 Å². The van der Waals surface area contributed by atoms with Crippen LogP contribution in [0.2, 0.25) is 26.2 Å². The van der Waals surface area contributed by atoms with Crippen LogP contribution in [0.25, 0.3) is 0 Å². The zero-order chi connectivity index (χ0) is 25.3. The van der Waals surface area contributed by atoms with Gasteiger partial charge in [0.25, 0.3) is 0 Å². The maximum Gasteiger partial charge on any atom is 0.412 e. The number of aliphatic hydroxyl groups excluding tert-OH is 1. The number of nitrogens with zero attached hydrogens (tertiary/aromatic N) is 1. The Bertz CT molecular complexity index is 621. The van der Waals surface area contributed by atoms with Gasteiger partial charge in [-0.15, -0.1) is 0 Å². The summed E-state index contributed by atoms with van der Waals surface area (Å²) in [7, 11) is -2.20. The van der Waals surface area contributed by atoms with Crippen molar-refractivity contribution in [3.8, 4) is 0 Å². The van der Waals surface area contributed by atoms with Gasteiger partial charge in [0.2, 0.25) is 18.1 Å². The second-order valence-corrected chi connectivity index (χ2v) is 16.9. The first-order chi connectivity index (χ1) is 14.2. The number of amides is 1. The summed E-state index contributed by atoms with van der Waals surface area (Å²) in [4.78, 5) is 15.1. The minimum atomic E-state index is -1.23. The normalized spacial score (nSPS) is 24.9. The number of carbonyl (C=O) groups is 1. The fourth-order valence-corrected chi connectivity index (χ4v) is 6.17. The van der Waals surface area contributed by atoms with Gasteiger partial charge in [0, 0.05) is 19.4 Å². The molecule has 0 spiro atoms. The molecule has 1 aliphatic rings. The molecule has 0 aromatic carbocycles. The van der Waals surface area contributed by atoms with Crippen LogP contribution in [0.5, 0.6) is 0 Å². The zero-order valence-corrected chi connectivity index (χ0v) is 24.9. The largest absolute Gasteiger partial charge is 0.444 e. The summed E-state index contributed by atoms with van der Waals surface area (Å²) in [5.74, 6) is 0.178. The molecular weight excluding hydrogens is 438 g/mol. The highest BCUT2D eigenvalue weighted by molar-refractivity contribution is 6.48. The maximum absolute atomic E-state index is 13.4. The minimum absolute atomic E-state index is 0.0393. The average Bonchev–Trinajstić information content (AvgIpc) is 2.91. The number of ether oxygens (including phenoxy) is 1. The summed E-state index contributed by atoms with van der Waals surface area (Å²) in [5, 5.41) is 11.8. The van der Waals surface area contributed by atoms with Gasteiger partial charge in [-0.25, -0.2) is 4.79 Å². The van der Waals surface area contributed by atoms with E-state index in [1.807, 2.05) is 33.9 Å². The summed E-state index contributed by atoms with van der Waals surface area (Å²) >= 11 is 0. The number of likely N-dealkylation sites (tertiary alicyclic amines) is 1. The van der Waals surface area contributed by atoms with E-state index in [0.717, 1.165) is 0 Å². The van der Waals surface area contributed by atoms with Crippen LogP contribution in [0.3, 0.4) is 0 Å². The van der Waals surface area contributed by atoms with E-state index < -0.39 is 41.6 Å². The summed E-state index contributed by atoms with van der Waals surface area (Å²) < 4.78 is 18.7. The molecule has 6 nitrogen and oxygen atoms in total. The molecule has 4 atom stereocenters. The SMILES string of the molecule is C[Si](C)OC(C[C@H](O)[C@@]1(O[Si](C)C)C[C@H](C(C)(C)C)CN1C(=O)OC(C)(C)C)C(C)(C)C. The number of aliphatic hydroxyl groups is 1. The van der Waals surface area contributed by atoms with Gasteiger partial charge in [0.1, 0.15) is 11.7 Å². The van der Waals surface area contributed by atoms with Crippen LogP contribution in [0.15, 0.2) is 0 Å². The van der Waals surface area contributed by atoms with Gasteiger partial charge >= 0.3 is 6.09 Å². The van der Waals surface area contributed by atoms with E-state index in [1.165, 1.54) is 0 Å². The van der Waals surface area contributed by atoms with Crippen molar-refractivity contribution in [2.45, 2.75) is 125 Å². The van der Waals surface area contributed by atoms with Crippen LogP contribution >= 0.6 is 0 Å². The van der Waals surface area contributed by atoms with Gasteiger partial charge in [-0.1, -0.05) is 41.5 Å². The van der Waals surface area contributed by atoms with E-state index in [9.17, 15) is 9.90 Å². The third-order valence-corrected chi connectivity index (χ3v) is 7.44. The Hall–Kier alpha value is -0.416. The molecule has 0 aromatic rings. The van der Waals surface area contributed by atoms with Crippen LogP contribution < -0.4 is 0 Å². The lowest BCUT2D eigenvalue weighted by molar-refractivity contribution is -0.151. The van der Waals surface area contributed by atoms with Crippen LogP contribution in [-0.2, 0) is 13.6 Å². The van der Waals surface area contributed by atoms with Gasteiger partial charge < -0.3 is 18.7 Å². The van der Waals surface area contributed by atoms with Gasteiger partial charge in [0.15, 0.2) is 5.72 Å². The van der Waals surface area contributed by atoms with Crippen LogP contribution in [0.1, 0.15) is 75.2 Å². The summed E-state index contributed by atoms with van der Waals surface area (Å²) in [6, 6.07) is 0. The van der Waals surface area contributed by atoms with Crippen molar-refractivity contribution in [1.29, 1.82) is 0 Å². The zero-order valence-electron chi connectivity index (χ0n) is 22.9. The molecule has 2 radical (unpaired) electrons. The average molecular weight is 488 g/mol. The Morgan fingerprint density at radius 3 is 1.94 bits per heavy atom. The third-order valence-electron chi connectivity index (χ3n) is 5.92. The molecule has 1 heterocycles. The Balaban J connectivity index is 3.46. The van der Waals surface area contributed by atoms with Crippen molar-refractivity contribution in [3.63, 3.8) is 0 Å². The first-order valence-corrected chi connectivity index (χ1v) is 16.7. The van der Waals surface area contributed by atoms with Gasteiger partial charge in [-0.2, -0.15) is 0 Å². The first kappa shape index (κ1) is 29.6. The number of carbonyl (C=O) groups excluding carboxylic acids is 1. The van der Waals surface area contributed by atoms with E-state index in [1.54, 1.807) is 4.90 Å². The lowest BCUT2D eigenvalue weighted by Gasteiger charge is -2.45. The van der Waals surface area contributed by atoms with Crippen molar-refractivity contribution in [3.05, 3.63) is 0 Å². The fraction of sp³-hybridized carbons (Fsp3) is 0.958. The summed E-state index contributed by atoms with van der Waals surface area (Å²) in [6.07, 6.45) is -0.451. The predicted octanol–water partition coefficient (Wildman–Crippen LogP) is 5.69. The highest BCUT2D eigenvalue weighted by Crippen LogP contribution is 2.47. The molecule has 1 aliphatic heterocycles. The van der Waals surface area contributed by atoms with E-state index in [-0.39, 0.29) is 22.9 Å². The second kappa shape index (κ2) is 10.5. The molecule has 32 heavy (non-hydrogen) atoms. The van der Waals surface area contributed by atoms with Crippen molar-refractivity contribution < 1.29 is 23.5 Å². The van der Waals surface area contributed by atoms with Crippen LogP contribution in [-0.4, -0.2) is 64.3 Å². The quantitative estimate of drug-likeness (QED) is 0.467. The molecule has 1 saturated heterocycles.